The second-order valence-electron chi connectivity index (χ2n) is 9.07. The first-order valence-electron chi connectivity index (χ1n) is 11.7. The van der Waals surface area contributed by atoms with Crippen LogP contribution in [0.25, 0.3) is 0 Å². The van der Waals surface area contributed by atoms with Crippen LogP contribution in [0.3, 0.4) is 0 Å². The van der Waals surface area contributed by atoms with E-state index in [1.165, 1.54) is 0 Å². The van der Waals surface area contributed by atoms with Crippen molar-refractivity contribution in [2.24, 2.45) is 0 Å². The second kappa shape index (κ2) is 11.8. The maximum absolute atomic E-state index is 12.3. The van der Waals surface area contributed by atoms with Gasteiger partial charge in [-0.1, -0.05) is 35.4 Å². The Labute approximate surface area is 201 Å². The van der Waals surface area contributed by atoms with Crippen molar-refractivity contribution in [2.45, 2.75) is 27.7 Å². The number of hydrogen-bond donors (Lipinski definition) is 3. The molecule has 1 saturated heterocycles. The van der Waals surface area contributed by atoms with Gasteiger partial charge in [0.2, 0.25) is 17.7 Å². The molecular weight excluding hydrogens is 430 g/mol. The van der Waals surface area contributed by atoms with Crippen LogP contribution >= 0.6 is 0 Å². The van der Waals surface area contributed by atoms with Crippen LogP contribution in [0.5, 0.6) is 0 Å². The summed E-state index contributed by atoms with van der Waals surface area (Å²) in [5.74, 6) is -0.467. The van der Waals surface area contributed by atoms with E-state index in [-0.39, 0.29) is 30.8 Å². The van der Waals surface area contributed by atoms with E-state index in [0.29, 0.717) is 32.7 Å². The Hall–Kier alpha value is -3.23. The largest absolute Gasteiger partial charge is 0.346 e. The molecule has 8 nitrogen and oxygen atoms in total. The molecule has 0 unspecified atom stereocenters. The molecule has 0 radical (unpaired) electrons. The third-order valence-corrected chi connectivity index (χ3v) is 5.92. The molecule has 2 aromatic carbocycles. The van der Waals surface area contributed by atoms with Crippen LogP contribution < -0.4 is 16.0 Å². The van der Waals surface area contributed by atoms with Crippen molar-refractivity contribution in [3.63, 3.8) is 0 Å². The highest BCUT2D eigenvalue weighted by Crippen LogP contribution is 2.21. The zero-order valence-corrected chi connectivity index (χ0v) is 20.5. The van der Waals surface area contributed by atoms with Crippen molar-refractivity contribution in [3.05, 3.63) is 58.7 Å². The van der Waals surface area contributed by atoms with Gasteiger partial charge in [0.1, 0.15) is 0 Å². The number of nitrogens with zero attached hydrogens (tertiary/aromatic N) is 2. The Morgan fingerprint density at radius 2 is 1.24 bits per heavy atom. The van der Waals surface area contributed by atoms with Gasteiger partial charge in [-0.05, 0) is 51.0 Å². The fourth-order valence-electron chi connectivity index (χ4n) is 4.14. The lowest BCUT2D eigenvalue weighted by Gasteiger charge is -2.33. The Balaban J connectivity index is 1.34. The van der Waals surface area contributed by atoms with Gasteiger partial charge in [-0.3, -0.25) is 24.2 Å². The normalized spacial score (nSPS) is 14.5. The fourth-order valence-corrected chi connectivity index (χ4v) is 4.14. The summed E-state index contributed by atoms with van der Waals surface area (Å²) in [4.78, 5) is 41.0. The number of nitrogens with one attached hydrogen (secondary N) is 3. The van der Waals surface area contributed by atoms with Crippen molar-refractivity contribution in [3.8, 4) is 0 Å². The van der Waals surface area contributed by atoms with Crippen LogP contribution in [0.15, 0.2) is 36.4 Å². The summed E-state index contributed by atoms with van der Waals surface area (Å²) < 4.78 is 0. The van der Waals surface area contributed by atoms with E-state index in [2.05, 4.69) is 20.9 Å². The highest BCUT2D eigenvalue weighted by Gasteiger charge is 2.21. The molecule has 0 aliphatic carbocycles. The van der Waals surface area contributed by atoms with Gasteiger partial charge in [0.05, 0.1) is 19.6 Å². The third kappa shape index (κ3) is 7.67. The molecule has 3 rings (SSSR count). The quantitative estimate of drug-likeness (QED) is 0.556. The summed E-state index contributed by atoms with van der Waals surface area (Å²) >= 11 is 0. The van der Waals surface area contributed by atoms with Gasteiger partial charge in [-0.15, -0.1) is 0 Å². The molecule has 1 aliphatic rings. The maximum atomic E-state index is 12.3. The molecular formula is C26H35N5O3. The van der Waals surface area contributed by atoms with Gasteiger partial charge in [-0.2, -0.15) is 0 Å². The molecule has 34 heavy (non-hydrogen) atoms. The van der Waals surface area contributed by atoms with E-state index in [0.717, 1.165) is 33.6 Å². The minimum absolute atomic E-state index is 0.0416. The SMILES string of the molecule is Cc1ccc(NC(=O)CN2CCN(CC(=O)NCC(=O)Nc3c(C)cc(C)cc3C)CC2)cc1. The Kier molecular flexibility index (Phi) is 8.79. The van der Waals surface area contributed by atoms with E-state index in [1.807, 2.05) is 69.0 Å². The molecule has 0 aromatic heterocycles. The van der Waals surface area contributed by atoms with E-state index >= 15 is 0 Å². The van der Waals surface area contributed by atoms with Crippen molar-refractivity contribution < 1.29 is 14.4 Å². The number of anilines is 2. The topological polar surface area (TPSA) is 93.8 Å². The van der Waals surface area contributed by atoms with E-state index < -0.39 is 0 Å². The lowest BCUT2D eigenvalue weighted by molar-refractivity contribution is -0.125. The standard InChI is InChI=1S/C26H35N5O3/c1-18-5-7-22(8-6-18)28-25(34)17-31-11-9-30(10-12-31)16-24(33)27-15-23(32)29-26-20(3)13-19(2)14-21(26)4/h5-8,13-14H,9-12,15-17H2,1-4H3,(H,27,33)(H,28,34)(H,29,32). The van der Waals surface area contributed by atoms with E-state index in [1.54, 1.807) is 0 Å². The number of piperazine rings is 1. The van der Waals surface area contributed by atoms with Crippen molar-refractivity contribution in [2.75, 3.05) is 56.4 Å². The number of benzene rings is 2. The number of amides is 3. The Morgan fingerprint density at radius 1 is 0.706 bits per heavy atom. The smallest absolute Gasteiger partial charge is 0.243 e. The average Bonchev–Trinajstić information content (AvgIpc) is 2.78. The number of rotatable bonds is 8. The van der Waals surface area contributed by atoms with Gasteiger partial charge in [0, 0.05) is 37.6 Å². The van der Waals surface area contributed by atoms with Crippen molar-refractivity contribution in [1.29, 1.82) is 0 Å². The van der Waals surface area contributed by atoms with Crippen molar-refractivity contribution >= 4 is 29.1 Å². The molecule has 0 spiro atoms. The van der Waals surface area contributed by atoms with Gasteiger partial charge < -0.3 is 16.0 Å². The molecule has 182 valence electrons. The van der Waals surface area contributed by atoms with Gasteiger partial charge in [0.25, 0.3) is 0 Å². The first-order chi connectivity index (χ1) is 16.2. The average molecular weight is 466 g/mol. The number of aryl methyl sites for hydroxylation is 4. The van der Waals surface area contributed by atoms with Gasteiger partial charge in [0.15, 0.2) is 0 Å². The predicted octanol–water partition coefficient (Wildman–Crippen LogP) is 2.23. The lowest BCUT2D eigenvalue weighted by Crippen LogP contribution is -2.51. The lowest BCUT2D eigenvalue weighted by atomic mass is 10.1. The summed E-state index contributed by atoms with van der Waals surface area (Å²) in [6.45, 7) is 11.2. The highest BCUT2D eigenvalue weighted by molar-refractivity contribution is 5.96. The first-order valence-corrected chi connectivity index (χ1v) is 11.7. The Morgan fingerprint density at radius 3 is 1.79 bits per heavy atom. The third-order valence-electron chi connectivity index (χ3n) is 5.92. The van der Waals surface area contributed by atoms with Gasteiger partial charge >= 0.3 is 0 Å². The molecule has 2 aromatic rings. The van der Waals surface area contributed by atoms with Gasteiger partial charge in [-0.25, -0.2) is 0 Å². The monoisotopic (exact) mass is 465 g/mol. The Bertz CT molecular complexity index is 1000. The zero-order chi connectivity index (χ0) is 24.7. The number of carbonyl (C=O) groups is 3. The molecule has 1 aliphatic heterocycles. The molecule has 1 fully saturated rings. The van der Waals surface area contributed by atoms with Crippen LogP contribution in [0, 0.1) is 27.7 Å². The van der Waals surface area contributed by atoms with Crippen LogP contribution in [-0.4, -0.2) is 73.3 Å². The molecule has 3 N–H and O–H groups in total. The summed E-state index contributed by atoms with van der Waals surface area (Å²) in [5, 5.41) is 8.52. The summed E-state index contributed by atoms with van der Waals surface area (Å²) in [6, 6.07) is 11.8. The predicted molar refractivity (Wildman–Crippen MR) is 135 cm³/mol. The molecule has 0 saturated carbocycles. The molecule has 0 atom stereocenters. The summed E-state index contributed by atoms with van der Waals surface area (Å²) in [6.07, 6.45) is 0. The molecule has 0 bridgehead atoms. The van der Waals surface area contributed by atoms with E-state index in [4.69, 9.17) is 0 Å². The zero-order valence-electron chi connectivity index (χ0n) is 20.5. The minimum Gasteiger partial charge on any atom is -0.346 e. The molecule has 1 heterocycles. The van der Waals surface area contributed by atoms with Crippen LogP contribution in [0.1, 0.15) is 22.3 Å². The summed E-state index contributed by atoms with van der Waals surface area (Å²) in [7, 11) is 0. The van der Waals surface area contributed by atoms with Crippen LogP contribution in [0.4, 0.5) is 11.4 Å². The highest BCUT2D eigenvalue weighted by atomic mass is 16.2. The van der Waals surface area contributed by atoms with E-state index in [9.17, 15) is 14.4 Å². The summed E-state index contributed by atoms with van der Waals surface area (Å²) in [5.41, 5.74) is 5.89. The number of carbonyl (C=O) groups excluding carboxylic acids is 3. The molecule has 3 amide bonds. The first kappa shape index (κ1) is 25.4. The fraction of sp³-hybridized carbons (Fsp3) is 0.423. The second-order valence-corrected chi connectivity index (χ2v) is 9.07. The van der Waals surface area contributed by atoms with Crippen molar-refractivity contribution in [1.82, 2.24) is 15.1 Å². The number of hydrogen-bond acceptors (Lipinski definition) is 5. The molecule has 8 heteroatoms. The minimum atomic E-state index is -0.243. The maximum Gasteiger partial charge on any atom is 0.243 e. The van der Waals surface area contributed by atoms with Crippen LogP contribution in [0.2, 0.25) is 0 Å². The van der Waals surface area contributed by atoms with Crippen LogP contribution in [-0.2, 0) is 14.4 Å².